The second-order valence-corrected chi connectivity index (χ2v) is 4.94. The van der Waals surface area contributed by atoms with Crippen LogP contribution in [0.15, 0.2) is 18.2 Å². The molecule has 2 rings (SSSR count). The molecule has 2 amide bonds. The van der Waals surface area contributed by atoms with E-state index in [1.165, 1.54) is 17.0 Å². The van der Waals surface area contributed by atoms with E-state index in [0.717, 1.165) is 11.1 Å². The smallest absolute Gasteiger partial charge is 0.245 e. The molecule has 1 aromatic carbocycles. The molecule has 1 heterocycles. The van der Waals surface area contributed by atoms with Crippen LogP contribution in [0.2, 0.25) is 0 Å². The Balaban J connectivity index is 2.27. The Morgan fingerprint density at radius 2 is 2.00 bits per heavy atom. The number of piperazine rings is 1. The quantitative estimate of drug-likeness (QED) is 0.877. The van der Waals surface area contributed by atoms with E-state index in [9.17, 15) is 14.0 Å². The maximum absolute atomic E-state index is 13.3. The number of rotatable bonds is 2. The molecule has 0 aromatic heterocycles. The van der Waals surface area contributed by atoms with E-state index in [-0.39, 0.29) is 24.2 Å². The number of hydrogen-bond donors (Lipinski definition) is 1. The van der Waals surface area contributed by atoms with Gasteiger partial charge in [0.15, 0.2) is 0 Å². The van der Waals surface area contributed by atoms with E-state index >= 15 is 0 Å². The molecule has 2 unspecified atom stereocenters. The maximum Gasteiger partial charge on any atom is 0.245 e. The fourth-order valence-electron chi connectivity index (χ4n) is 2.19. The van der Waals surface area contributed by atoms with E-state index < -0.39 is 12.1 Å². The Labute approximate surface area is 111 Å². The van der Waals surface area contributed by atoms with Gasteiger partial charge in [-0.15, -0.1) is 0 Å². The number of carbonyl (C=O) groups excluding carboxylic acids is 2. The van der Waals surface area contributed by atoms with E-state index in [2.05, 4.69) is 5.32 Å². The molecular weight excluding hydrogens is 247 g/mol. The van der Waals surface area contributed by atoms with Gasteiger partial charge in [-0.3, -0.25) is 9.59 Å². The number of aryl methyl sites for hydroxylation is 1. The van der Waals surface area contributed by atoms with Crippen LogP contribution in [-0.2, 0) is 16.1 Å². The molecule has 4 nitrogen and oxygen atoms in total. The maximum atomic E-state index is 13.3. The molecule has 0 bridgehead atoms. The lowest BCUT2D eigenvalue weighted by molar-refractivity contribution is -0.148. The minimum atomic E-state index is -0.536. The normalized spacial score (nSPS) is 23.5. The molecule has 102 valence electrons. The summed E-state index contributed by atoms with van der Waals surface area (Å²) < 4.78 is 13.3. The molecule has 2 atom stereocenters. The van der Waals surface area contributed by atoms with Crippen molar-refractivity contribution in [3.05, 3.63) is 35.1 Å². The zero-order valence-electron chi connectivity index (χ0n) is 11.2. The first-order valence-electron chi connectivity index (χ1n) is 6.26. The number of carbonyl (C=O) groups is 2. The van der Waals surface area contributed by atoms with Crippen molar-refractivity contribution in [1.82, 2.24) is 10.2 Å². The van der Waals surface area contributed by atoms with Crippen molar-refractivity contribution >= 4 is 11.8 Å². The van der Waals surface area contributed by atoms with Crippen LogP contribution in [0, 0.1) is 12.7 Å². The van der Waals surface area contributed by atoms with Crippen molar-refractivity contribution < 1.29 is 14.0 Å². The first-order valence-corrected chi connectivity index (χ1v) is 6.26. The second kappa shape index (κ2) is 4.99. The lowest BCUT2D eigenvalue weighted by atomic mass is 10.0. The number of benzene rings is 1. The molecule has 1 aromatic rings. The zero-order chi connectivity index (χ0) is 14.2. The van der Waals surface area contributed by atoms with E-state index in [1.807, 2.05) is 6.92 Å². The Morgan fingerprint density at radius 3 is 2.68 bits per heavy atom. The summed E-state index contributed by atoms with van der Waals surface area (Å²) in [5.74, 6) is -0.660. The van der Waals surface area contributed by atoms with Crippen LogP contribution in [0.4, 0.5) is 4.39 Å². The summed E-state index contributed by atoms with van der Waals surface area (Å²) in [4.78, 5) is 25.3. The van der Waals surface area contributed by atoms with Crippen molar-refractivity contribution in [3.63, 3.8) is 0 Å². The average Bonchev–Trinajstić information content (AvgIpc) is 2.36. The van der Waals surface area contributed by atoms with Gasteiger partial charge in [0.25, 0.3) is 0 Å². The molecule has 0 radical (unpaired) electrons. The average molecular weight is 264 g/mol. The third kappa shape index (κ3) is 2.59. The van der Waals surface area contributed by atoms with Crippen LogP contribution < -0.4 is 5.32 Å². The predicted octanol–water partition coefficient (Wildman–Crippen LogP) is 1.37. The highest BCUT2D eigenvalue weighted by Gasteiger charge is 2.35. The van der Waals surface area contributed by atoms with Gasteiger partial charge in [-0.1, -0.05) is 6.07 Å². The Kier molecular flexibility index (Phi) is 3.55. The van der Waals surface area contributed by atoms with Gasteiger partial charge in [0, 0.05) is 6.54 Å². The monoisotopic (exact) mass is 264 g/mol. The van der Waals surface area contributed by atoms with E-state index in [4.69, 9.17) is 0 Å². The Bertz CT molecular complexity index is 530. The number of halogens is 1. The van der Waals surface area contributed by atoms with Crippen LogP contribution in [0.1, 0.15) is 25.0 Å². The Hall–Kier alpha value is -1.91. The van der Waals surface area contributed by atoms with Gasteiger partial charge in [0.2, 0.25) is 11.8 Å². The largest absolute Gasteiger partial charge is 0.343 e. The summed E-state index contributed by atoms with van der Waals surface area (Å²) in [7, 11) is 0. The minimum absolute atomic E-state index is 0.143. The number of nitrogens with zero attached hydrogens (tertiary/aromatic N) is 1. The highest BCUT2D eigenvalue weighted by molar-refractivity contribution is 5.96. The van der Waals surface area contributed by atoms with Gasteiger partial charge >= 0.3 is 0 Å². The van der Waals surface area contributed by atoms with Crippen LogP contribution in [0.5, 0.6) is 0 Å². The summed E-state index contributed by atoms with van der Waals surface area (Å²) in [6, 6.07) is 3.40. The van der Waals surface area contributed by atoms with Crippen LogP contribution >= 0.6 is 0 Å². The zero-order valence-corrected chi connectivity index (χ0v) is 11.2. The fourth-order valence-corrected chi connectivity index (χ4v) is 2.19. The van der Waals surface area contributed by atoms with Gasteiger partial charge < -0.3 is 10.2 Å². The predicted molar refractivity (Wildman–Crippen MR) is 68.8 cm³/mol. The van der Waals surface area contributed by atoms with Crippen molar-refractivity contribution in [1.29, 1.82) is 0 Å². The molecule has 5 heteroatoms. The Morgan fingerprint density at radius 1 is 1.32 bits per heavy atom. The first kappa shape index (κ1) is 13.5. The molecule has 1 N–H and O–H groups in total. The highest BCUT2D eigenvalue weighted by atomic mass is 19.1. The molecule has 0 saturated carbocycles. The summed E-state index contributed by atoms with van der Waals surface area (Å²) in [5, 5.41) is 2.62. The minimum Gasteiger partial charge on any atom is -0.343 e. The van der Waals surface area contributed by atoms with Gasteiger partial charge in [0.1, 0.15) is 17.9 Å². The summed E-state index contributed by atoms with van der Waals surface area (Å²) in [6.45, 7) is 5.43. The van der Waals surface area contributed by atoms with Gasteiger partial charge in [-0.2, -0.15) is 0 Å². The summed E-state index contributed by atoms with van der Waals surface area (Å²) in [5.41, 5.74) is 1.63. The molecule has 1 aliphatic heterocycles. The standard InChI is InChI=1S/C14H17FN2O2/c1-8-4-5-12(15)6-11(8)7-17-10(3)13(18)16-9(2)14(17)19/h4-6,9-10H,7H2,1-3H3,(H,16,18). The molecule has 1 fully saturated rings. The molecule has 0 aliphatic carbocycles. The molecule has 1 aliphatic rings. The first-order chi connectivity index (χ1) is 8.90. The van der Waals surface area contributed by atoms with Crippen LogP contribution in [0.3, 0.4) is 0 Å². The summed E-state index contributed by atoms with van der Waals surface area (Å²) in [6.07, 6.45) is 0. The fraction of sp³-hybridized carbons (Fsp3) is 0.429. The lowest BCUT2D eigenvalue weighted by Crippen LogP contribution is -2.61. The van der Waals surface area contributed by atoms with Crippen LogP contribution in [-0.4, -0.2) is 28.8 Å². The van der Waals surface area contributed by atoms with Crippen molar-refractivity contribution in [3.8, 4) is 0 Å². The highest BCUT2D eigenvalue weighted by Crippen LogP contribution is 2.18. The van der Waals surface area contributed by atoms with Gasteiger partial charge in [0.05, 0.1) is 0 Å². The molecular formula is C14H17FN2O2. The number of amides is 2. The van der Waals surface area contributed by atoms with E-state index in [1.54, 1.807) is 19.9 Å². The number of nitrogens with one attached hydrogen (secondary N) is 1. The molecule has 1 saturated heterocycles. The molecule has 19 heavy (non-hydrogen) atoms. The molecule has 0 spiro atoms. The van der Waals surface area contributed by atoms with Gasteiger partial charge in [-0.25, -0.2) is 4.39 Å². The second-order valence-electron chi connectivity index (χ2n) is 4.94. The van der Waals surface area contributed by atoms with Crippen molar-refractivity contribution in [2.24, 2.45) is 0 Å². The number of hydrogen-bond acceptors (Lipinski definition) is 2. The third-order valence-electron chi connectivity index (χ3n) is 3.51. The lowest BCUT2D eigenvalue weighted by Gasteiger charge is -2.36. The topological polar surface area (TPSA) is 49.4 Å². The van der Waals surface area contributed by atoms with Crippen LogP contribution in [0.25, 0.3) is 0 Å². The SMILES string of the molecule is Cc1ccc(F)cc1CN1C(=O)C(C)NC(=O)C1C. The third-order valence-corrected chi connectivity index (χ3v) is 3.51. The van der Waals surface area contributed by atoms with Gasteiger partial charge in [-0.05, 0) is 44.0 Å². The summed E-state index contributed by atoms with van der Waals surface area (Å²) >= 11 is 0. The van der Waals surface area contributed by atoms with Crippen molar-refractivity contribution in [2.45, 2.75) is 39.4 Å². The van der Waals surface area contributed by atoms with Crippen molar-refractivity contribution in [2.75, 3.05) is 0 Å². The van der Waals surface area contributed by atoms with E-state index in [0.29, 0.717) is 0 Å².